The van der Waals surface area contributed by atoms with Crippen LogP contribution >= 0.6 is 0 Å². The Morgan fingerprint density at radius 2 is 2.00 bits per heavy atom. The third-order valence-corrected chi connectivity index (χ3v) is 5.27. The highest BCUT2D eigenvalue weighted by atomic mass is 16.1. The van der Waals surface area contributed by atoms with E-state index in [1.54, 1.807) is 0 Å². The predicted octanol–water partition coefficient (Wildman–Crippen LogP) is 3.43. The van der Waals surface area contributed by atoms with E-state index in [2.05, 4.69) is 27.7 Å². The Bertz CT molecular complexity index is 266. The molecule has 0 saturated heterocycles. The molecule has 0 amide bonds. The van der Waals surface area contributed by atoms with Crippen LogP contribution in [0.15, 0.2) is 0 Å². The van der Waals surface area contributed by atoms with Crippen LogP contribution in [0, 0.1) is 22.7 Å². The van der Waals surface area contributed by atoms with Crippen molar-refractivity contribution in [2.45, 2.75) is 53.4 Å². The van der Waals surface area contributed by atoms with E-state index in [4.69, 9.17) is 0 Å². The number of fused-ring (bicyclic) bond motifs is 2. The Balaban J connectivity index is 2.34. The molecule has 2 aliphatic carbocycles. The summed E-state index contributed by atoms with van der Waals surface area (Å²) in [5, 5.41) is 0. The van der Waals surface area contributed by atoms with Gasteiger partial charge in [-0.2, -0.15) is 0 Å². The van der Waals surface area contributed by atoms with Gasteiger partial charge in [-0.05, 0) is 30.6 Å². The van der Waals surface area contributed by atoms with Gasteiger partial charge in [-0.25, -0.2) is 0 Å². The van der Waals surface area contributed by atoms with Crippen LogP contribution in [0.25, 0.3) is 0 Å². The summed E-state index contributed by atoms with van der Waals surface area (Å²) in [5.74, 6) is 1.62. The molecule has 0 heterocycles. The minimum Gasteiger partial charge on any atom is -0.299 e. The minimum absolute atomic E-state index is 0.00248. The fraction of sp³-hybridized carbons (Fsp3) is 0.923. The number of Topliss-reactive ketones (excluding diaryl/α,β-unsaturated/α-hetero) is 1. The summed E-state index contributed by atoms with van der Waals surface area (Å²) in [7, 11) is 0. The summed E-state index contributed by atoms with van der Waals surface area (Å²) >= 11 is 0. The van der Waals surface area contributed by atoms with Crippen LogP contribution in [0.5, 0.6) is 0 Å². The van der Waals surface area contributed by atoms with Gasteiger partial charge in [0.25, 0.3) is 0 Å². The lowest BCUT2D eigenvalue weighted by Crippen LogP contribution is -2.33. The van der Waals surface area contributed by atoms with Gasteiger partial charge in [0, 0.05) is 11.3 Å². The van der Waals surface area contributed by atoms with E-state index in [-0.39, 0.29) is 10.8 Å². The van der Waals surface area contributed by atoms with Gasteiger partial charge in [0.1, 0.15) is 5.78 Å². The number of rotatable bonds is 2. The van der Waals surface area contributed by atoms with Crippen molar-refractivity contribution >= 4 is 5.78 Å². The third-order valence-electron chi connectivity index (χ3n) is 5.27. The molecule has 14 heavy (non-hydrogen) atoms. The first kappa shape index (κ1) is 10.2. The van der Waals surface area contributed by atoms with Crippen molar-refractivity contribution in [3.05, 3.63) is 0 Å². The van der Waals surface area contributed by atoms with Gasteiger partial charge in [0.2, 0.25) is 0 Å². The van der Waals surface area contributed by atoms with Gasteiger partial charge in [-0.1, -0.05) is 34.1 Å². The Hall–Kier alpha value is -0.330. The van der Waals surface area contributed by atoms with Crippen LogP contribution in [0.1, 0.15) is 53.4 Å². The van der Waals surface area contributed by atoms with Crippen molar-refractivity contribution in [3.63, 3.8) is 0 Å². The maximum atomic E-state index is 12.3. The number of ketones is 1. The van der Waals surface area contributed by atoms with Crippen molar-refractivity contribution in [3.8, 4) is 0 Å². The van der Waals surface area contributed by atoms with Crippen LogP contribution in [0.2, 0.25) is 0 Å². The standard InChI is InChI=1S/C13H22O/c1-5-6-9-10-7-8-13(4,11(9)14)12(10,2)3/h9-10H,5-8H2,1-4H3/t9-,10+,13-/m0/s1. The number of carbonyl (C=O) groups excluding carboxylic acids is 1. The first-order valence-corrected chi connectivity index (χ1v) is 5.99. The molecule has 2 aliphatic rings. The zero-order chi connectivity index (χ0) is 10.6. The van der Waals surface area contributed by atoms with Crippen LogP contribution in [-0.4, -0.2) is 5.78 Å². The lowest BCUT2D eigenvalue weighted by atomic mass is 9.70. The van der Waals surface area contributed by atoms with Crippen LogP contribution < -0.4 is 0 Å². The van der Waals surface area contributed by atoms with Gasteiger partial charge < -0.3 is 0 Å². The second kappa shape index (κ2) is 2.84. The van der Waals surface area contributed by atoms with Crippen molar-refractivity contribution in [2.75, 3.05) is 0 Å². The highest BCUT2D eigenvalue weighted by molar-refractivity contribution is 5.91. The fourth-order valence-corrected chi connectivity index (χ4v) is 3.92. The highest BCUT2D eigenvalue weighted by Gasteiger charge is 2.65. The predicted molar refractivity (Wildman–Crippen MR) is 58.0 cm³/mol. The van der Waals surface area contributed by atoms with E-state index in [1.807, 2.05) is 0 Å². The van der Waals surface area contributed by atoms with Crippen LogP contribution in [0.4, 0.5) is 0 Å². The molecule has 0 aromatic rings. The summed E-state index contributed by atoms with van der Waals surface area (Å²) in [4.78, 5) is 12.3. The summed E-state index contributed by atoms with van der Waals surface area (Å²) in [6.07, 6.45) is 4.67. The number of carbonyl (C=O) groups is 1. The second-order valence-corrected chi connectivity index (χ2v) is 5.96. The SMILES string of the molecule is CCC[C@@H]1C(=O)[C@]2(C)CC[C@H]1C2(C)C. The molecule has 0 aliphatic heterocycles. The van der Waals surface area contributed by atoms with E-state index < -0.39 is 0 Å². The smallest absolute Gasteiger partial charge is 0.142 e. The van der Waals surface area contributed by atoms with Gasteiger partial charge in [-0.15, -0.1) is 0 Å². The second-order valence-electron chi connectivity index (χ2n) is 5.96. The molecule has 0 aromatic carbocycles. The molecule has 2 saturated carbocycles. The van der Waals surface area contributed by atoms with Crippen molar-refractivity contribution < 1.29 is 4.79 Å². The first-order chi connectivity index (χ1) is 6.45. The number of hydrogen-bond donors (Lipinski definition) is 0. The summed E-state index contributed by atoms with van der Waals surface area (Å²) in [6, 6.07) is 0. The van der Waals surface area contributed by atoms with E-state index in [9.17, 15) is 4.79 Å². The molecule has 2 fully saturated rings. The fourth-order valence-electron chi connectivity index (χ4n) is 3.92. The number of hydrogen-bond acceptors (Lipinski definition) is 1. The van der Waals surface area contributed by atoms with Gasteiger partial charge >= 0.3 is 0 Å². The van der Waals surface area contributed by atoms with E-state index in [0.717, 1.165) is 19.3 Å². The molecule has 1 heteroatoms. The molecule has 2 bridgehead atoms. The van der Waals surface area contributed by atoms with Crippen molar-refractivity contribution in [1.29, 1.82) is 0 Å². The molecule has 0 spiro atoms. The van der Waals surface area contributed by atoms with Crippen LogP contribution in [0.3, 0.4) is 0 Å². The summed E-state index contributed by atoms with van der Waals surface area (Å²) in [5.41, 5.74) is 0.251. The maximum Gasteiger partial charge on any atom is 0.142 e. The molecule has 1 nitrogen and oxygen atoms in total. The topological polar surface area (TPSA) is 17.1 Å². The molecule has 0 radical (unpaired) electrons. The molecular weight excluding hydrogens is 172 g/mol. The Labute approximate surface area is 87.3 Å². The Morgan fingerprint density at radius 3 is 2.43 bits per heavy atom. The summed E-state index contributed by atoms with van der Waals surface area (Å²) < 4.78 is 0. The molecule has 0 aromatic heterocycles. The molecule has 3 atom stereocenters. The lowest BCUT2D eigenvalue weighted by molar-refractivity contribution is -0.131. The van der Waals surface area contributed by atoms with Gasteiger partial charge in [-0.3, -0.25) is 4.79 Å². The van der Waals surface area contributed by atoms with Crippen molar-refractivity contribution in [2.24, 2.45) is 22.7 Å². The van der Waals surface area contributed by atoms with E-state index >= 15 is 0 Å². The third kappa shape index (κ3) is 0.936. The average Bonchev–Trinajstić information content (AvgIpc) is 2.41. The maximum absolute atomic E-state index is 12.3. The molecule has 80 valence electrons. The van der Waals surface area contributed by atoms with Gasteiger partial charge in [0.05, 0.1) is 0 Å². The zero-order valence-electron chi connectivity index (χ0n) is 9.89. The quantitative estimate of drug-likeness (QED) is 0.658. The normalized spacial score (nSPS) is 44.7. The van der Waals surface area contributed by atoms with Gasteiger partial charge in [0.15, 0.2) is 0 Å². The monoisotopic (exact) mass is 194 g/mol. The average molecular weight is 194 g/mol. The van der Waals surface area contributed by atoms with E-state index in [0.29, 0.717) is 17.6 Å². The summed E-state index contributed by atoms with van der Waals surface area (Å²) in [6.45, 7) is 9.00. The lowest BCUT2D eigenvalue weighted by Gasteiger charge is -2.32. The first-order valence-electron chi connectivity index (χ1n) is 5.99. The molecule has 0 N–H and O–H groups in total. The minimum atomic E-state index is -0.00248. The Morgan fingerprint density at radius 1 is 1.36 bits per heavy atom. The van der Waals surface area contributed by atoms with Crippen molar-refractivity contribution in [1.82, 2.24) is 0 Å². The molecule has 2 rings (SSSR count). The molecule has 0 unspecified atom stereocenters. The zero-order valence-corrected chi connectivity index (χ0v) is 9.89. The Kier molecular flexibility index (Phi) is 2.06. The largest absolute Gasteiger partial charge is 0.299 e. The molecular formula is C13H22O. The van der Waals surface area contributed by atoms with E-state index in [1.165, 1.54) is 6.42 Å². The van der Waals surface area contributed by atoms with Crippen LogP contribution in [-0.2, 0) is 4.79 Å². The highest BCUT2D eigenvalue weighted by Crippen LogP contribution is 2.66.